The Hall–Kier alpha value is -1.13. The lowest BCUT2D eigenvalue weighted by molar-refractivity contribution is -0.00443. The molecular weight excluding hydrogens is 257 g/mol. The largest absolute Gasteiger partial charge is 0.389 e. The number of nitrogens with one attached hydrogen (secondary N) is 1. The number of aliphatic hydroxyl groups is 1. The summed E-state index contributed by atoms with van der Waals surface area (Å²) in [6, 6.07) is 4.81. The van der Waals surface area contributed by atoms with Crippen LogP contribution in [0.5, 0.6) is 0 Å². The van der Waals surface area contributed by atoms with Crippen LogP contribution in [-0.4, -0.2) is 30.5 Å². The van der Waals surface area contributed by atoms with Gasteiger partial charge in [0.1, 0.15) is 5.82 Å². The first-order valence-electron chi connectivity index (χ1n) is 7.18. The lowest BCUT2D eigenvalue weighted by atomic mass is 10.1. The van der Waals surface area contributed by atoms with Crippen molar-refractivity contribution in [2.24, 2.45) is 5.92 Å². The third-order valence-electron chi connectivity index (χ3n) is 3.08. The quantitative estimate of drug-likeness (QED) is 0.768. The molecule has 0 aliphatic heterocycles. The third kappa shape index (κ3) is 6.35. The van der Waals surface area contributed by atoms with Gasteiger partial charge in [-0.1, -0.05) is 13.8 Å². The van der Waals surface area contributed by atoms with Crippen LogP contribution in [-0.2, 0) is 4.74 Å². The van der Waals surface area contributed by atoms with Gasteiger partial charge < -0.3 is 15.2 Å². The molecule has 0 saturated carbocycles. The number of halogens is 1. The number of rotatable bonds is 8. The normalized spacial score (nSPS) is 14.3. The van der Waals surface area contributed by atoms with Crippen molar-refractivity contribution in [2.75, 3.05) is 18.5 Å². The molecule has 3 nitrogen and oxygen atoms in total. The molecule has 4 heteroatoms. The summed E-state index contributed by atoms with van der Waals surface area (Å²) in [6.07, 6.45) is 0.560. The second-order valence-corrected chi connectivity index (χ2v) is 5.77. The number of ether oxygens (including phenoxy) is 1. The van der Waals surface area contributed by atoms with Gasteiger partial charge >= 0.3 is 0 Å². The highest BCUT2D eigenvalue weighted by Gasteiger charge is 2.10. The summed E-state index contributed by atoms with van der Waals surface area (Å²) in [5.74, 6) is 0.365. The van der Waals surface area contributed by atoms with E-state index in [9.17, 15) is 9.50 Å². The van der Waals surface area contributed by atoms with Gasteiger partial charge in [0, 0.05) is 12.2 Å². The molecule has 2 N–H and O–H groups in total. The molecule has 0 saturated heterocycles. The van der Waals surface area contributed by atoms with Crippen molar-refractivity contribution >= 4 is 5.69 Å². The van der Waals surface area contributed by atoms with Gasteiger partial charge in [-0.3, -0.25) is 0 Å². The van der Waals surface area contributed by atoms with Crippen LogP contribution in [0.15, 0.2) is 18.2 Å². The fourth-order valence-electron chi connectivity index (χ4n) is 2.06. The Bertz CT molecular complexity index is 409. The average molecular weight is 283 g/mol. The molecule has 2 unspecified atom stereocenters. The molecule has 20 heavy (non-hydrogen) atoms. The Balaban J connectivity index is 2.28. The molecule has 1 rings (SSSR count). The van der Waals surface area contributed by atoms with Crippen LogP contribution in [0.25, 0.3) is 0 Å². The number of hydrogen-bond acceptors (Lipinski definition) is 3. The van der Waals surface area contributed by atoms with E-state index in [4.69, 9.17) is 4.74 Å². The van der Waals surface area contributed by atoms with Crippen molar-refractivity contribution in [3.63, 3.8) is 0 Å². The molecule has 2 atom stereocenters. The summed E-state index contributed by atoms with van der Waals surface area (Å²) in [6.45, 7) is 8.72. The number of anilines is 1. The summed E-state index contributed by atoms with van der Waals surface area (Å²) in [5.41, 5.74) is 1.39. The molecule has 0 aliphatic carbocycles. The van der Waals surface area contributed by atoms with Crippen molar-refractivity contribution in [2.45, 2.75) is 46.3 Å². The van der Waals surface area contributed by atoms with Crippen LogP contribution in [0.1, 0.15) is 32.8 Å². The van der Waals surface area contributed by atoms with E-state index < -0.39 is 6.10 Å². The molecular formula is C16H26FNO2. The van der Waals surface area contributed by atoms with E-state index in [1.54, 1.807) is 19.1 Å². The lowest BCUT2D eigenvalue weighted by Gasteiger charge is -2.18. The standard InChI is InChI=1S/C16H26FNO2/c1-11(2)7-13(4)20-10-15(19)9-18-14-5-6-16(17)12(3)8-14/h5-6,8,11,13,15,18-19H,7,9-10H2,1-4H3. The van der Waals surface area contributed by atoms with Crippen LogP contribution < -0.4 is 5.32 Å². The number of aryl methyl sites for hydroxylation is 1. The van der Waals surface area contributed by atoms with E-state index in [-0.39, 0.29) is 11.9 Å². The fraction of sp³-hybridized carbons (Fsp3) is 0.625. The van der Waals surface area contributed by atoms with E-state index in [1.165, 1.54) is 6.07 Å². The van der Waals surface area contributed by atoms with Gasteiger partial charge in [0.15, 0.2) is 0 Å². The van der Waals surface area contributed by atoms with Crippen molar-refractivity contribution in [3.05, 3.63) is 29.6 Å². The predicted molar refractivity (Wildman–Crippen MR) is 80.5 cm³/mol. The molecule has 0 bridgehead atoms. The molecule has 0 fully saturated rings. The summed E-state index contributed by atoms with van der Waals surface area (Å²) in [7, 11) is 0. The monoisotopic (exact) mass is 283 g/mol. The second kappa shape index (κ2) is 8.22. The summed E-state index contributed by atoms with van der Waals surface area (Å²) in [4.78, 5) is 0. The smallest absolute Gasteiger partial charge is 0.126 e. The molecule has 0 aliphatic rings. The molecule has 0 amide bonds. The summed E-state index contributed by atoms with van der Waals surface area (Å²) < 4.78 is 18.7. The highest BCUT2D eigenvalue weighted by molar-refractivity contribution is 5.45. The Labute approximate surface area is 121 Å². The van der Waals surface area contributed by atoms with Gasteiger partial charge in [-0.2, -0.15) is 0 Å². The molecule has 1 aromatic rings. The third-order valence-corrected chi connectivity index (χ3v) is 3.08. The lowest BCUT2D eigenvalue weighted by Crippen LogP contribution is -2.27. The van der Waals surface area contributed by atoms with Gasteiger partial charge in [0.2, 0.25) is 0 Å². The zero-order valence-corrected chi connectivity index (χ0v) is 12.8. The first kappa shape index (κ1) is 16.9. The zero-order chi connectivity index (χ0) is 15.1. The molecule has 114 valence electrons. The Kier molecular flexibility index (Phi) is 6.96. The maximum Gasteiger partial charge on any atom is 0.126 e. The van der Waals surface area contributed by atoms with Crippen LogP contribution in [0.4, 0.5) is 10.1 Å². The van der Waals surface area contributed by atoms with Crippen LogP contribution in [0.3, 0.4) is 0 Å². The zero-order valence-electron chi connectivity index (χ0n) is 12.8. The van der Waals surface area contributed by atoms with E-state index in [1.807, 2.05) is 6.92 Å². The minimum atomic E-state index is -0.574. The minimum Gasteiger partial charge on any atom is -0.389 e. The van der Waals surface area contributed by atoms with Crippen LogP contribution in [0.2, 0.25) is 0 Å². The highest BCUT2D eigenvalue weighted by Crippen LogP contribution is 2.13. The molecule has 1 aromatic carbocycles. The Morgan fingerprint density at radius 3 is 2.60 bits per heavy atom. The maximum absolute atomic E-state index is 13.1. The minimum absolute atomic E-state index is 0.151. The number of aliphatic hydroxyl groups excluding tert-OH is 1. The predicted octanol–water partition coefficient (Wildman–Crippen LogP) is 3.36. The van der Waals surface area contributed by atoms with Gasteiger partial charge in [-0.25, -0.2) is 4.39 Å². The first-order chi connectivity index (χ1) is 9.38. The molecule has 0 heterocycles. The maximum atomic E-state index is 13.1. The SMILES string of the molecule is Cc1cc(NCC(O)COC(C)CC(C)C)ccc1F. The van der Waals surface area contributed by atoms with E-state index in [0.717, 1.165) is 12.1 Å². The summed E-state index contributed by atoms with van der Waals surface area (Å²) in [5, 5.41) is 12.9. The topological polar surface area (TPSA) is 41.5 Å². The van der Waals surface area contributed by atoms with Gasteiger partial charge in [-0.15, -0.1) is 0 Å². The molecule has 0 radical (unpaired) electrons. The summed E-state index contributed by atoms with van der Waals surface area (Å²) >= 11 is 0. The molecule has 0 spiro atoms. The average Bonchev–Trinajstić information content (AvgIpc) is 2.37. The van der Waals surface area contributed by atoms with E-state index in [2.05, 4.69) is 19.2 Å². The van der Waals surface area contributed by atoms with Gasteiger partial charge in [-0.05, 0) is 49.9 Å². The highest BCUT2D eigenvalue weighted by atomic mass is 19.1. The van der Waals surface area contributed by atoms with E-state index in [0.29, 0.717) is 24.6 Å². The number of benzene rings is 1. The van der Waals surface area contributed by atoms with Gasteiger partial charge in [0.25, 0.3) is 0 Å². The Morgan fingerprint density at radius 2 is 2.00 bits per heavy atom. The van der Waals surface area contributed by atoms with Crippen molar-refractivity contribution < 1.29 is 14.2 Å². The van der Waals surface area contributed by atoms with Gasteiger partial charge in [0.05, 0.1) is 18.8 Å². The van der Waals surface area contributed by atoms with E-state index >= 15 is 0 Å². The van der Waals surface area contributed by atoms with Crippen molar-refractivity contribution in [1.29, 1.82) is 0 Å². The van der Waals surface area contributed by atoms with Crippen molar-refractivity contribution in [1.82, 2.24) is 0 Å². The van der Waals surface area contributed by atoms with Crippen LogP contribution in [0, 0.1) is 18.7 Å². The second-order valence-electron chi connectivity index (χ2n) is 5.77. The van der Waals surface area contributed by atoms with Crippen LogP contribution >= 0.6 is 0 Å². The first-order valence-corrected chi connectivity index (χ1v) is 7.18. The Morgan fingerprint density at radius 1 is 1.30 bits per heavy atom. The van der Waals surface area contributed by atoms with Crippen molar-refractivity contribution in [3.8, 4) is 0 Å². The fourth-order valence-corrected chi connectivity index (χ4v) is 2.06. The molecule has 0 aromatic heterocycles. The number of hydrogen-bond donors (Lipinski definition) is 2.